The van der Waals surface area contributed by atoms with E-state index < -0.39 is 27.8 Å². The monoisotopic (exact) mass is 430 g/mol. The Morgan fingerprint density at radius 3 is 2.47 bits per heavy atom. The van der Waals surface area contributed by atoms with E-state index in [2.05, 4.69) is 5.32 Å². The van der Waals surface area contributed by atoms with Crippen molar-refractivity contribution in [3.05, 3.63) is 72.5 Å². The van der Waals surface area contributed by atoms with Gasteiger partial charge in [-0.1, -0.05) is 48.5 Å². The normalized spacial score (nSPS) is 12.4. The molecule has 0 aliphatic rings. The molecule has 0 aliphatic carbocycles. The minimum absolute atomic E-state index is 0.168. The number of sulfonamides is 1. The standard InChI is InChI=1S/C22H23FN2O4S/c1-16(25(30(2,27)28)20-12-6-5-11-19(20)23)22(26)24-14-15-29-21-13-7-9-17-8-3-4-10-18(17)21/h3-13,16H,14-15H2,1-2H3,(H,24,26). The van der Waals surface area contributed by atoms with Crippen LogP contribution in [0.15, 0.2) is 66.7 Å². The lowest BCUT2D eigenvalue weighted by Gasteiger charge is -2.28. The number of para-hydroxylation sites is 1. The van der Waals surface area contributed by atoms with Gasteiger partial charge in [0.1, 0.15) is 24.2 Å². The summed E-state index contributed by atoms with van der Waals surface area (Å²) < 4.78 is 45.2. The molecule has 0 saturated carbocycles. The predicted octanol–water partition coefficient (Wildman–Crippen LogP) is 3.33. The van der Waals surface area contributed by atoms with Gasteiger partial charge in [0.25, 0.3) is 0 Å². The first-order chi connectivity index (χ1) is 14.3. The first kappa shape index (κ1) is 21.6. The second kappa shape index (κ2) is 9.13. The Bertz CT molecular complexity index is 1150. The molecule has 158 valence electrons. The Balaban J connectivity index is 1.64. The van der Waals surface area contributed by atoms with Crippen LogP contribution in [0.25, 0.3) is 10.8 Å². The van der Waals surface area contributed by atoms with E-state index in [4.69, 9.17) is 4.74 Å². The lowest BCUT2D eigenvalue weighted by atomic mass is 10.1. The van der Waals surface area contributed by atoms with Crippen molar-refractivity contribution in [1.29, 1.82) is 0 Å². The Kier molecular flexibility index (Phi) is 6.56. The highest BCUT2D eigenvalue weighted by molar-refractivity contribution is 7.92. The molecule has 0 bridgehead atoms. The molecule has 0 saturated heterocycles. The van der Waals surface area contributed by atoms with Gasteiger partial charge in [0.2, 0.25) is 15.9 Å². The van der Waals surface area contributed by atoms with Gasteiger partial charge in [-0.15, -0.1) is 0 Å². The molecule has 1 N–H and O–H groups in total. The molecule has 3 aromatic rings. The summed E-state index contributed by atoms with van der Waals surface area (Å²) in [7, 11) is -3.88. The van der Waals surface area contributed by atoms with Crippen LogP contribution in [-0.2, 0) is 14.8 Å². The van der Waals surface area contributed by atoms with Gasteiger partial charge in [0, 0.05) is 5.39 Å². The number of halogens is 1. The molecule has 3 aromatic carbocycles. The van der Waals surface area contributed by atoms with Crippen molar-refractivity contribution >= 4 is 32.4 Å². The number of nitrogens with one attached hydrogen (secondary N) is 1. The van der Waals surface area contributed by atoms with Gasteiger partial charge in [0.15, 0.2) is 0 Å². The predicted molar refractivity (Wildman–Crippen MR) is 116 cm³/mol. The summed E-state index contributed by atoms with van der Waals surface area (Å²) in [5.74, 6) is -0.577. The number of carbonyl (C=O) groups excluding carboxylic acids is 1. The number of carbonyl (C=O) groups is 1. The maximum atomic E-state index is 14.2. The van der Waals surface area contributed by atoms with E-state index in [0.29, 0.717) is 5.75 Å². The highest BCUT2D eigenvalue weighted by Crippen LogP contribution is 2.25. The van der Waals surface area contributed by atoms with Gasteiger partial charge in [-0.2, -0.15) is 0 Å². The number of ether oxygens (including phenoxy) is 1. The molecule has 0 radical (unpaired) electrons. The van der Waals surface area contributed by atoms with Crippen molar-refractivity contribution in [1.82, 2.24) is 5.32 Å². The summed E-state index contributed by atoms with van der Waals surface area (Å²) in [4.78, 5) is 12.5. The molecule has 0 spiro atoms. The zero-order valence-corrected chi connectivity index (χ0v) is 17.5. The van der Waals surface area contributed by atoms with Crippen molar-refractivity contribution < 1.29 is 22.3 Å². The Labute approximate surface area is 175 Å². The fraction of sp³-hybridized carbons (Fsp3) is 0.227. The van der Waals surface area contributed by atoms with Crippen LogP contribution in [0, 0.1) is 5.82 Å². The first-order valence-electron chi connectivity index (χ1n) is 9.41. The van der Waals surface area contributed by atoms with Crippen LogP contribution in [0.3, 0.4) is 0 Å². The summed E-state index contributed by atoms with van der Waals surface area (Å²) >= 11 is 0. The number of rotatable bonds is 8. The minimum atomic E-state index is -3.88. The van der Waals surface area contributed by atoms with Gasteiger partial charge in [0.05, 0.1) is 18.5 Å². The third-order valence-corrected chi connectivity index (χ3v) is 5.81. The SMILES string of the molecule is CC(C(=O)NCCOc1cccc2ccccc12)N(c1ccccc1F)S(C)(=O)=O. The molecular weight excluding hydrogens is 407 g/mol. The summed E-state index contributed by atoms with van der Waals surface area (Å²) in [6.07, 6.45) is 0.937. The van der Waals surface area contributed by atoms with Crippen LogP contribution in [0.4, 0.5) is 10.1 Å². The van der Waals surface area contributed by atoms with Crippen molar-refractivity contribution in [3.63, 3.8) is 0 Å². The number of benzene rings is 3. The molecule has 0 heterocycles. The van der Waals surface area contributed by atoms with Crippen molar-refractivity contribution in [2.45, 2.75) is 13.0 Å². The Morgan fingerprint density at radius 2 is 1.73 bits per heavy atom. The van der Waals surface area contributed by atoms with Gasteiger partial charge < -0.3 is 10.1 Å². The van der Waals surface area contributed by atoms with Crippen LogP contribution in [0.1, 0.15) is 6.92 Å². The average Bonchev–Trinajstić information content (AvgIpc) is 2.71. The van der Waals surface area contributed by atoms with Crippen molar-refractivity contribution in [2.75, 3.05) is 23.7 Å². The van der Waals surface area contributed by atoms with E-state index in [1.165, 1.54) is 25.1 Å². The third kappa shape index (κ3) is 4.88. The molecule has 8 heteroatoms. The number of nitrogens with zero attached hydrogens (tertiary/aromatic N) is 1. The van der Waals surface area contributed by atoms with Gasteiger partial charge in [-0.25, -0.2) is 12.8 Å². The average molecular weight is 431 g/mol. The first-order valence-corrected chi connectivity index (χ1v) is 11.3. The van der Waals surface area contributed by atoms with Crippen LogP contribution < -0.4 is 14.4 Å². The summed E-state index contributed by atoms with van der Waals surface area (Å²) in [5.41, 5.74) is -0.172. The summed E-state index contributed by atoms with van der Waals surface area (Å²) in [5, 5.41) is 4.65. The van der Waals surface area contributed by atoms with Gasteiger partial charge in [-0.3, -0.25) is 9.10 Å². The van der Waals surface area contributed by atoms with E-state index in [0.717, 1.165) is 27.4 Å². The van der Waals surface area contributed by atoms with Crippen LogP contribution in [-0.4, -0.2) is 39.8 Å². The Hall–Kier alpha value is -3.13. The second-order valence-electron chi connectivity index (χ2n) is 6.80. The highest BCUT2D eigenvalue weighted by Gasteiger charge is 2.30. The third-order valence-electron chi connectivity index (χ3n) is 4.59. The quantitative estimate of drug-likeness (QED) is 0.556. The van der Waals surface area contributed by atoms with Crippen LogP contribution in [0.5, 0.6) is 5.75 Å². The van der Waals surface area contributed by atoms with E-state index in [-0.39, 0.29) is 18.8 Å². The lowest BCUT2D eigenvalue weighted by Crippen LogP contribution is -2.48. The van der Waals surface area contributed by atoms with E-state index >= 15 is 0 Å². The van der Waals surface area contributed by atoms with Crippen molar-refractivity contribution in [2.24, 2.45) is 0 Å². The molecule has 1 unspecified atom stereocenters. The van der Waals surface area contributed by atoms with Crippen LogP contribution in [0.2, 0.25) is 0 Å². The van der Waals surface area contributed by atoms with Crippen molar-refractivity contribution in [3.8, 4) is 5.75 Å². The van der Waals surface area contributed by atoms with E-state index in [1.54, 1.807) is 0 Å². The molecule has 3 rings (SSSR count). The Morgan fingerprint density at radius 1 is 1.07 bits per heavy atom. The largest absolute Gasteiger partial charge is 0.491 e. The molecule has 1 amide bonds. The van der Waals surface area contributed by atoms with E-state index in [1.807, 2.05) is 42.5 Å². The lowest BCUT2D eigenvalue weighted by molar-refractivity contribution is -0.121. The number of hydrogen-bond acceptors (Lipinski definition) is 4. The fourth-order valence-electron chi connectivity index (χ4n) is 3.22. The van der Waals surface area contributed by atoms with Gasteiger partial charge >= 0.3 is 0 Å². The summed E-state index contributed by atoms with van der Waals surface area (Å²) in [6, 6.07) is 17.8. The number of anilines is 1. The number of fused-ring (bicyclic) bond motifs is 1. The number of amides is 1. The number of hydrogen-bond donors (Lipinski definition) is 1. The topological polar surface area (TPSA) is 75.7 Å². The highest BCUT2D eigenvalue weighted by atomic mass is 32.2. The van der Waals surface area contributed by atoms with Gasteiger partial charge in [-0.05, 0) is 30.5 Å². The molecule has 0 fully saturated rings. The minimum Gasteiger partial charge on any atom is -0.491 e. The molecule has 30 heavy (non-hydrogen) atoms. The zero-order chi connectivity index (χ0) is 21.7. The maximum Gasteiger partial charge on any atom is 0.243 e. The van der Waals surface area contributed by atoms with Crippen LogP contribution >= 0.6 is 0 Å². The molecule has 1 atom stereocenters. The molecular formula is C22H23FN2O4S. The van der Waals surface area contributed by atoms with E-state index in [9.17, 15) is 17.6 Å². The molecule has 0 aromatic heterocycles. The maximum absolute atomic E-state index is 14.2. The second-order valence-corrected chi connectivity index (χ2v) is 8.66. The zero-order valence-electron chi connectivity index (χ0n) is 16.7. The molecule has 0 aliphatic heterocycles. The molecule has 6 nitrogen and oxygen atoms in total. The fourth-order valence-corrected chi connectivity index (χ4v) is 4.39. The smallest absolute Gasteiger partial charge is 0.243 e. The summed E-state index contributed by atoms with van der Waals surface area (Å²) in [6.45, 7) is 1.78.